The van der Waals surface area contributed by atoms with Gasteiger partial charge < -0.3 is 4.90 Å². The molecular formula is C12H15FN2O3S. The number of benzene rings is 1. The standard InChI is InChI=1S/C12H15FN2O3S/c1-8-2-3-11(10(13)4-8)15-6-9(5-12(15)16)7-19(14,17)18/h2-4,9H,5-7H2,1H3,(H2,14,17,18). The number of carbonyl (C=O) groups is 1. The zero-order chi connectivity index (χ0) is 14.2. The van der Waals surface area contributed by atoms with Crippen molar-refractivity contribution in [2.75, 3.05) is 17.2 Å². The van der Waals surface area contributed by atoms with E-state index in [1.54, 1.807) is 13.0 Å². The average Bonchev–Trinajstić information content (AvgIpc) is 2.56. The van der Waals surface area contributed by atoms with E-state index in [0.29, 0.717) is 0 Å². The number of sulfonamides is 1. The van der Waals surface area contributed by atoms with Crippen molar-refractivity contribution in [3.63, 3.8) is 0 Å². The largest absolute Gasteiger partial charge is 0.309 e. The quantitative estimate of drug-likeness (QED) is 0.891. The van der Waals surface area contributed by atoms with Crippen LogP contribution in [-0.4, -0.2) is 26.6 Å². The lowest BCUT2D eigenvalue weighted by Crippen LogP contribution is -2.28. The first-order valence-electron chi connectivity index (χ1n) is 5.83. The van der Waals surface area contributed by atoms with Gasteiger partial charge in [0.2, 0.25) is 15.9 Å². The second kappa shape index (κ2) is 4.90. The molecule has 1 amide bonds. The van der Waals surface area contributed by atoms with Gasteiger partial charge in [0.05, 0.1) is 11.4 Å². The highest BCUT2D eigenvalue weighted by molar-refractivity contribution is 7.89. The van der Waals surface area contributed by atoms with Crippen LogP contribution in [0, 0.1) is 18.7 Å². The Labute approximate surface area is 111 Å². The number of primary sulfonamides is 1. The highest BCUT2D eigenvalue weighted by atomic mass is 32.2. The number of carbonyl (C=O) groups excluding carboxylic acids is 1. The normalized spacial score (nSPS) is 20.1. The molecule has 0 bridgehead atoms. The number of nitrogens with two attached hydrogens (primary N) is 1. The smallest absolute Gasteiger partial charge is 0.227 e. The van der Waals surface area contributed by atoms with Gasteiger partial charge in [-0.3, -0.25) is 4.79 Å². The van der Waals surface area contributed by atoms with Gasteiger partial charge in [-0.2, -0.15) is 0 Å². The van der Waals surface area contributed by atoms with E-state index < -0.39 is 15.8 Å². The molecule has 1 fully saturated rings. The third kappa shape index (κ3) is 3.30. The van der Waals surface area contributed by atoms with Crippen molar-refractivity contribution < 1.29 is 17.6 Å². The summed E-state index contributed by atoms with van der Waals surface area (Å²) in [6.45, 7) is 1.93. The summed E-state index contributed by atoms with van der Waals surface area (Å²) < 4.78 is 35.8. The zero-order valence-electron chi connectivity index (χ0n) is 10.5. The lowest BCUT2D eigenvalue weighted by Gasteiger charge is -2.17. The molecule has 5 nitrogen and oxygen atoms in total. The molecule has 0 aromatic heterocycles. The van der Waals surface area contributed by atoms with Crippen molar-refractivity contribution in [3.05, 3.63) is 29.6 Å². The lowest BCUT2D eigenvalue weighted by molar-refractivity contribution is -0.117. The molecule has 1 saturated heterocycles. The Morgan fingerprint density at radius 2 is 2.16 bits per heavy atom. The van der Waals surface area contributed by atoms with Gasteiger partial charge >= 0.3 is 0 Å². The topological polar surface area (TPSA) is 80.5 Å². The molecule has 0 saturated carbocycles. The third-order valence-corrected chi connectivity index (χ3v) is 4.00. The van der Waals surface area contributed by atoms with Gasteiger partial charge in [0, 0.05) is 18.9 Å². The fourth-order valence-corrected chi connectivity index (χ4v) is 3.17. The van der Waals surface area contributed by atoms with E-state index in [0.717, 1.165) is 5.56 Å². The highest BCUT2D eigenvalue weighted by Gasteiger charge is 2.33. The first-order valence-corrected chi connectivity index (χ1v) is 7.55. The van der Waals surface area contributed by atoms with Crippen molar-refractivity contribution in [3.8, 4) is 0 Å². The summed E-state index contributed by atoms with van der Waals surface area (Å²) in [6.07, 6.45) is 0.0732. The van der Waals surface area contributed by atoms with Crippen molar-refractivity contribution in [2.45, 2.75) is 13.3 Å². The molecule has 2 N–H and O–H groups in total. The summed E-state index contributed by atoms with van der Waals surface area (Å²) >= 11 is 0. The maximum absolute atomic E-state index is 13.8. The molecule has 7 heteroatoms. The molecule has 19 heavy (non-hydrogen) atoms. The van der Waals surface area contributed by atoms with Crippen LogP contribution in [0.15, 0.2) is 18.2 Å². The highest BCUT2D eigenvalue weighted by Crippen LogP contribution is 2.28. The molecule has 1 atom stereocenters. The first-order chi connectivity index (χ1) is 8.76. The van der Waals surface area contributed by atoms with Gasteiger partial charge in [0.25, 0.3) is 0 Å². The van der Waals surface area contributed by atoms with E-state index >= 15 is 0 Å². The van der Waals surface area contributed by atoms with Crippen LogP contribution >= 0.6 is 0 Å². The van der Waals surface area contributed by atoms with E-state index in [1.807, 2.05) is 0 Å². The predicted octanol–water partition coefficient (Wildman–Crippen LogP) is 0.776. The van der Waals surface area contributed by atoms with Gasteiger partial charge in [0.1, 0.15) is 5.82 Å². The van der Waals surface area contributed by atoms with Crippen molar-refractivity contribution in [1.82, 2.24) is 0 Å². The summed E-state index contributed by atoms with van der Waals surface area (Å²) in [7, 11) is -3.63. The fraction of sp³-hybridized carbons (Fsp3) is 0.417. The average molecular weight is 286 g/mol. The molecule has 2 rings (SSSR count). The number of nitrogens with zero attached hydrogens (tertiary/aromatic N) is 1. The summed E-state index contributed by atoms with van der Waals surface area (Å²) in [5.74, 6) is -1.41. The molecule has 0 aliphatic carbocycles. The summed E-state index contributed by atoms with van der Waals surface area (Å²) in [6, 6.07) is 4.58. The Bertz CT molecular complexity index is 615. The Hall–Kier alpha value is -1.47. The Morgan fingerprint density at radius 3 is 2.74 bits per heavy atom. The van der Waals surface area contributed by atoms with Gasteiger partial charge in [-0.1, -0.05) is 6.07 Å². The van der Waals surface area contributed by atoms with E-state index in [-0.39, 0.29) is 36.2 Å². The lowest BCUT2D eigenvalue weighted by atomic mass is 10.1. The zero-order valence-corrected chi connectivity index (χ0v) is 11.3. The first kappa shape index (κ1) is 14.0. The number of anilines is 1. The number of halogens is 1. The number of rotatable bonds is 3. The molecule has 1 aromatic rings. The molecule has 1 unspecified atom stereocenters. The molecule has 1 aliphatic heterocycles. The molecule has 1 aromatic carbocycles. The monoisotopic (exact) mass is 286 g/mol. The SMILES string of the molecule is Cc1ccc(N2CC(CS(N)(=O)=O)CC2=O)c(F)c1. The van der Waals surface area contributed by atoms with Crippen LogP contribution in [0.3, 0.4) is 0 Å². The molecule has 0 spiro atoms. The second-order valence-electron chi connectivity index (χ2n) is 4.86. The van der Waals surface area contributed by atoms with E-state index in [2.05, 4.69) is 0 Å². The number of hydrogen-bond acceptors (Lipinski definition) is 3. The number of amides is 1. The van der Waals surface area contributed by atoms with Crippen molar-refractivity contribution in [2.24, 2.45) is 11.1 Å². The fourth-order valence-electron chi connectivity index (χ4n) is 2.29. The predicted molar refractivity (Wildman–Crippen MR) is 69.6 cm³/mol. The van der Waals surface area contributed by atoms with Gasteiger partial charge in [-0.15, -0.1) is 0 Å². The summed E-state index contributed by atoms with van der Waals surface area (Å²) in [4.78, 5) is 13.1. The Balaban J connectivity index is 2.20. The number of hydrogen-bond donors (Lipinski definition) is 1. The van der Waals surface area contributed by atoms with Gasteiger partial charge in [-0.25, -0.2) is 17.9 Å². The van der Waals surface area contributed by atoms with E-state index in [9.17, 15) is 17.6 Å². The Kier molecular flexibility index (Phi) is 3.60. The maximum Gasteiger partial charge on any atom is 0.227 e. The molecule has 1 heterocycles. The van der Waals surface area contributed by atoms with Crippen LogP contribution in [-0.2, 0) is 14.8 Å². The van der Waals surface area contributed by atoms with Crippen LogP contribution in [0.4, 0.5) is 10.1 Å². The van der Waals surface area contributed by atoms with E-state index in [4.69, 9.17) is 5.14 Å². The van der Waals surface area contributed by atoms with E-state index in [1.165, 1.54) is 17.0 Å². The molecule has 1 aliphatic rings. The molecule has 104 valence electrons. The Morgan fingerprint density at radius 1 is 1.47 bits per heavy atom. The second-order valence-corrected chi connectivity index (χ2v) is 6.52. The minimum atomic E-state index is -3.63. The number of aryl methyl sites for hydroxylation is 1. The summed E-state index contributed by atoms with van der Waals surface area (Å²) in [5.41, 5.74) is 0.946. The molecular weight excluding hydrogens is 271 g/mol. The molecule has 0 radical (unpaired) electrons. The minimum Gasteiger partial charge on any atom is -0.309 e. The van der Waals surface area contributed by atoms with Crippen LogP contribution in [0.5, 0.6) is 0 Å². The van der Waals surface area contributed by atoms with Crippen LogP contribution in [0.2, 0.25) is 0 Å². The summed E-state index contributed by atoms with van der Waals surface area (Å²) in [5, 5.41) is 4.96. The van der Waals surface area contributed by atoms with Crippen LogP contribution in [0.25, 0.3) is 0 Å². The minimum absolute atomic E-state index is 0.0732. The van der Waals surface area contributed by atoms with Crippen molar-refractivity contribution >= 4 is 21.6 Å². The van der Waals surface area contributed by atoms with Crippen LogP contribution < -0.4 is 10.0 Å². The van der Waals surface area contributed by atoms with Crippen molar-refractivity contribution in [1.29, 1.82) is 0 Å². The van der Waals surface area contributed by atoms with Crippen LogP contribution in [0.1, 0.15) is 12.0 Å². The van der Waals surface area contributed by atoms with Gasteiger partial charge in [-0.05, 0) is 24.6 Å². The third-order valence-electron chi connectivity index (χ3n) is 3.07. The van der Waals surface area contributed by atoms with Gasteiger partial charge in [0.15, 0.2) is 0 Å². The maximum atomic E-state index is 13.8.